The number of ether oxygens (including phenoxy) is 1. The maximum Gasteiger partial charge on any atom is 0.270 e. The van der Waals surface area contributed by atoms with Gasteiger partial charge in [0.25, 0.3) is 5.56 Å². The second kappa shape index (κ2) is 5.17. The zero-order valence-electron chi connectivity index (χ0n) is 13.7. The molecule has 0 radical (unpaired) electrons. The molecule has 2 atom stereocenters. The number of rotatable bonds is 1. The molecule has 0 saturated heterocycles. The van der Waals surface area contributed by atoms with Crippen LogP contribution >= 0.6 is 11.3 Å². The van der Waals surface area contributed by atoms with Crippen molar-refractivity contribution in [1.29, 1.82) is 0 Å². The first kappa shape index (κ1) is 14.7. The molecule has 2 bridgehead atoms. The summed E-state index contributed by atoms with van der Waals surface area (Å²) in [7, 11) is 0. The van der Waals surface area contributed by atoms with Crippen LogP contribution in [0.3, 0.4) is 0 Å². The van der Waals surface area contributed by atoms with Gasteiger partial charge < -0.3 is 4.74 Å². The molecule has 3 aromatic rings. The molecule has 5 rings (SSSR count). The number of thiazole rings is 1. The van der Waals surface area contributed by atoms with E-state index in [4.69, 9.17) is 9.73 Å². The van der Waals surface area contributed by atoms with E-state index < -0.39 is 5.72 Å². The van der Waals surface area contributed by atoms with Crippen LogP contribution in [0.4, 0.5) is 0 Å². The number of hydrogen-bond donors (Lipinski definition) is 0. The Bertz CT molecular complexity index is 1150. The van der Waals surface area contributed by atoms with Crippen LogP contribution in [0.1, 0.15) is 30.5 Å². The largest absolute Gasteiger partial charge is 0.466 e. The topological polar surface area (TPSA) is 43.6 Å². The first-order valence-electron chi connectivity index (χ1n) is 8.29. The number of fused-ring (bicyclic) bond motifs is 6. The minimum atomic E-state index is -0.611. The van der Waals surface area contributed by atoms with E-state index in [2.05, 4.69) is 0 Å². The molecule has 5 heteroatoms. The Morgan fingerprint density at radius 1 is 1.20 bits per heavy atom. The quantitative estimate of drug-likeness (QED) is 0.678. The average molecular weight is 348 g/mol. The van der Waals surface area contributed by atoms with Gasteiger partial charge in [0.15, 0.2) is 4.80 Å². The molecule has 4 nitrogen and oxygen atoms in total. The lowest BCUT2D eigenvalue weighted by Crippen LogP contribution is -2.49. The maximum atomic E-state index is 13.1. The maximum absolute atomic E-state index is 13.1. The Balaban J connectivity index is 1.78. The van der Waals surface area contributed by atoms with E-state index in [-0.39, 0.29) is 11.6 Å². The molecule has 0 spiro atoms. The van der Waals surface area contributed by atoms with Crippen molar-refractivity contribution in [3.63, 3.8) is 0 Å². The Morgan fingerprint density at radius 2 is 1.96 bits per heavy atom. The van der Waals surface area contributed by atoms with E-state index in [0.29, 0.717) is 11.0 Å². The predicted molar refractivity (Wildman–Crippen MR) is 97.6 cm³/mol. The molecule has 0 saturated carbocycles. The highest BCUT2D eigenvalue weighted by molar-refractivity contribution is 7.07. The van der Waals surface area contributed by atoms with Crippen molar-refractivity contribution in [1.82, 2.24) is 4.57 Å². The molecular formula is C20H16N2O2S. The molecule has 2 aliphatic rings. The smallest absolute Gasteiger partial charge is 0.270 e. The molecule has 2 aromatic carbocycles. The van der Waals surface area contributed by atoms with Gasteiger partial charge in [-0.2, -0.15) is 0 Å². The lowest BCUT2D eigenvalue weighted by atomic mass is 9.93. The monoisotopic (exact) mass is 348 g/mol. The van der Waals surface area contributed by atoms with Gasteiger partial charge in [0.1, 0.15) is 5.75 Å². The molecule has 3 heterocycles. The second-order valence-electron chi connectivity index (χ2n) is 6.63. The molecule has 2 unspecified atom stereocenters. The van der Waals surface area contributed by atoms with Crippen molar-refractivity contribution in [2.75, 3.05) is 0 Å². The van der Waals surface area contributed by atoms with Crippen LogP contribution in [-0.2, 0) is 0 Å². The average Bonchev–Trinajstić information content (AvgIpc) is 2.90. The van der Waals surface area contributed by atoms with Crippen LogP contribution in [0, 0.1) is 0 Å². The third kappa shape index (κ3) is 2.27. The van der Waals surface area contributed by atoms with Crippen molar-refractivity contribution in [2.24, 2.45) is 4.99 Å². The molecule has 0 N–H and O–H groups in total. The molecule has 2 aliphatic heterocycles. The van der Waals surface area contributed by atoms with Crippen molar-refractivity contribution in [3.8, 4) is 5.75 Å². The SMILES string of the molecule is CC12CC(c3ccccc3O1)n1c(s/c(=C\c3ccccc3)c1=O)=N2. The van der Waals surface area contributed by atoms with Crippen molar-refractivity contribution >= 4 is 17.4 Å². The van der Waals surface area contributed by atoms with Crippen molar-refractivity contribution < 1.29 is 4.74 Å². The number of para-hydroxylation sites is 1. The van der Waals surface area contributed by atoms with E-state index in [1.54, 1.807) is 0 Å². The molecule has 0 aliphatic carbocycles. The van der Waals surface area contributed by atoms with Crippen molar-refractivity contribution in [3.05, 3.63) is 85.4 Å². The van der Waals surface area contributed by atoms with Crippen LogP contribution in [0.5, 0.6) is 5.75 Å². The Hall–Kier alpha value is -2.66. The fraction of sp³-hybridized carbons (Fsp3) is 0.200. The van der Waals surface area contributed by atoms with E-state index in [0.717, 1.165) is 21.7 Å². The van der Waals surface area contributed by atoms with Crippen molar-refractivity contribution in [2.45, 2.75) is 25.1 Å². The summed E-state index contributed by atoms with van der Waals surface area (Å²) >= 11 is 1.43. The number of nitrogens with zero attached hydrogens (tertiary/aromatic N) is 2. The molecule has 25 heavy (non-hydrogen) atoms. The van der Waals surface area contributed by atoms with Gasteiger partial charge in [0.05, 0.1) is 10.6 Å². The van der Waals surface area contributed by atoms with Gasteiger partial charge in [-0.3, -0.25) is 9.36 Å². The summed E-state index contributed by atoms with van der Waals surface area (Å²) in [6.07, 6.45) is 2.62. The molecule has 0 fully saturated rings. The van der Waals surface area contributed by atoms with E-state index in [1.165, 1.54) is 11.3 Å². The Morgan fingerprint density at radius 3 is 2.80 bits per heavy atom. The lowest BCUT2D eigenvalue weighted by molar-refractivity contribution is 0.0410. The minimum absolute atomic E-state index is 0.0240. The highest BCUT2D eigenvalue weighted by Gasteiger charge is 2.42. The highest BCUT2D eigenvalue weighted by atomic mass is 32.1. The van der Waals surface area contributed by atoms with Gasteiger partial charge in [0, 0.05) is 12.0 Å². The van der Waals surface area contributed by atoms with Crippen LogP contribution in [0.15, 0.2) is 64.4 Å². The summed E-state index contributed by atoms with van der Waals surface area (Å²) in [5.74, 6) is 0.822. The second-order valence-corrected chi connectivity index (χ2v) is 7.63. The van der Waals surface area contributed by atoms with Gasteiger partial charge >= 0.3 is 0 Å². The number of aromatic nitrogens is 1. The third-order valence-electron chi connectivity index (χ3n) is 4.76. The standard InChI is InChI=1S/C20H16N2O2S/c1-20-12-15(14-9-5-6-10-16(14)24-20)22-18(23)17(25-19(22)21-20)11-13-7-3-2-4-8-13/h2-11,15H,12H2,1H3/b17-11-. The summed E-state index contributed by atoms with van der Waals surface area (Å²) in [4.78, 5) is 18.6. The van der Waals surface area contributed by atoms with E-state index in [1.807, 2.05) is 72.2 Å². The predicted octanol–water partition coefficient (Wildman–Crippen LogP) is 2.46. The zero-order valence-corrected chi connectivity index (χ0v) is 14.5. The van der Waals surface area contributed by atoms with Crippen LogP contribution in [0.25, 0.3) is 6.08 Å². The van der Waals surface area contributed by atoms with Crippen LogP contribution in [0.2, 0.25) is 0 Å². The van der Waals surface area contributed by atoms with Gasteiger partial charge in [-0.05, 0) is 24.6 Å². The van der Waals surface area contributed by atoms with Gasteiger partial charge in [0.2, 0.25) is 5.72 Å². The summed E-state index contributed by atoms with van der Waals surface area (Å²) in [6, 6.07) is 17.8. The van der Waals surface area contributed by atoms with E-state index >= 15 is 0 Å². The van der Waals surface area contributed by atoms with Gasteiger partial charge in [-0.15, -0.1) is 0 Å². The molecular weight excluding hydrogens is 332 g/mol. The number of hydrogen-bond acceptors (Lipinski definition) is 4. The number of benzene rings is 2. The fourth-order valence-corrected chi connectivity index (χ4v) is 4.76. The molecule has 124 valence electrons. The Kier molecular flexibility index (Phi) is 3.03. The first-order chi connectivity index (χ1) is 12.1. The minimum Gasteiger partial charge on any atom is -0.466 e. The fourth-order valence-electron chi connectivity index (χ4n) is 3.64. The van der Waals surface area contributed by atoms with Gasteiger partial charge in [-0.25, -0.2) is 4.99 Å². The van der Waals surface area contributed by atoms with Gasteiger partial charge in [-0.1, -0.05) is 59.9 Å². The highest BCUT2D eigenvalue weighted by Crippen LogP contribution is 2.42. The summed E-state index contributed by atoms with van der Waals surface area (Å²) in [5.41, 5.74) is 1.49. The normalized spacial score (nSPS) is 24.0. The van der Waals surface area contributed by atoms with Crippen LogP contribution in [-0.4, -0.2) is 10.3 Å². The lowest BCUT2D eigenvalue weighted by Gasteiger charge is -2.39. The molecule has 0 amide bonds. The summed E-state index contributed by atoms with van der Waals surface area (Å²) < 4.78 is 8.67. The van der Waals surface area contributed by atoms with E-state index in [9.17, 15) is 4.79 Å². The Labute approximate surface area is 148 Å². The zero-order chi connectivity index (χ0) is 17.0. The summed E-state index contributed by atoms with van der Waals surface area (Å²) in [6.45, 7) is 1.99. The molecule has 1 aromatic heterocycles. The third-order valence-corrected chi connectivity index (χ3v) is 5.74. The first-order valence-corrected chi connectivity index (χ1v) is 9.11. The summed E-state index contributed by atoms with van der Waals surface area (Å²) in [5, 5.41) is 0. The van der Waals surface area contributed by atoms with Crippen LogP contribution < -0.4 is 19.6 Å².